The number of hydrogen-bond acceptors (Lipinski definition) is 11. The summed E-state index contributed by atoms with van der Waals surface area (Å²) in [4.78, 5) is 12.9. The summed E-state index contributed by atoms with van der Waals surface area (Å²) in [7, 11) is -5.06. The maximum Gasteiger partial charge on any atom is 0.397 e. The molecule has 6 unspecified atom stereocenters. The highest BCUT2D eigenvalue weighted by Crippen LogP contribution is 2.26. The largest absolute Gasteiger partial charge is 0.457 e. The molecule has 6 atom stereocenters. The summed E-state index contributed by atoms with van der Waals surface area (Å²) in [6.07, 6.45) is 45.0. The van der Waals surface area contributed by atoms with E-state index in [4.69, 9.17) is 18.9 Å². The van der Waals surface area contributed by atoms with Crippen LogP contribution in [-0.4, -0.2) is 97.5 Å². The average Bonchev–Trinajstić information content (AvgIpc) is 3.30. The highest BCUT2D eigenvalue weighted by molar-refractivity contribution is 7.80. The Morgan fingerprint density at radius 2 is 0.985 bits per heavy atom. The molecule has 1 saturated heterocycles. The van der Waals surface area contributed by atoms with Crippen molar-refractivity contribution in [3.63, 3.8) is 0 Å². The molecule has 0 radical (unpaired) electrons. The topological polar surface area (TPSA) is 178 Å². The maximum absolute atomic E-state index is 12.9. The van der Waals surface area contributed by atoms with E-state index in [-0.39, 0.29) is 19.6 Å². The Hall–Kier alpha value is -1.42. The van der Waals surface area contributed by atoms with Crippen molar-refractivity contribution < 1.29 is 56.2 Å². The van der Waals surface area contributed by atoms with Crippen LogP contribution in [0, 0.1) is 0 Å². The van der Waals surface area contributed by atoms with Gasteiger partial charge in [0.15, 0.2) is 6.29 Å². The van der Waals surface area contributed by atoms with Crippen LogP contribution in [0.15, 0.2) is 24.3 Å². The van der Waals surface area contributed by atoms with Crippen LogP contribution in [-0.2, 0) is 38.3 Å². The molecule has 396 valence electrons. The van der Waals surface area contributed by atoms with E-state index in [1.54, 1.807) is 0 Å². The fourth-order valence-electron chi connectivity index (χ4n) is 8.65. The number of aliphatic hydroxyl groups excluding tert-OH is 3. The van der Waals surface area contributed by atoms with Gasteiger partial charge in [0.1, 0.15) is 30.5 Å². The number of rotatable bonds is 49. The summed E-state index contributed by atoms with van der Waals surface area (Å²) < 4.78 is 59.3. The number of aliphatic hydroxyl groups is 3. The number of unbranched alkanes of at least 4 members (excludes halogenated alkanes) is 32. The van der Waals surface area contributed by atoms with Gasteiger partial charge in [-0.15, -0.1) is 0 Å². The van der Waals surface area contributed by atoms with E-state index in [9.17, 15) is 33.1 Å². The highest BCUT2D eigenvalue weighted by atomic mass is 32.3. The fourth-order valence-corrected chi connectivity index (χ4v) is 9.16. The molecule has 0 bridgehead atoms. The van der Waals surface area contributed by atoms with Gasteiger partial charge in [-0.2, -0.15) is 8.42 Å². The molecule has 0 saturated carbocycles. The molecule has 1 fully saturated rings. The van der Waals surface area contributed by atoms with E-state index >= 15 is 0 Å². The first kappa shape index (κ1) is 63.6. The van der Waals surface area contributed by atoms with Crippen LogP contribution >= 0.6 is 0 Å². The summed E-state index contributed by atoms with van der Waals surface area (Å²) in [6, 6.07) is 0. The second-order valence-electron chi connectivity index (χ2n) is 19.2. The van der Waals surface area contributed by atoms with Crippen LogP contribution in [0.1, 0.15) is 251 Å². The lowest BCUT2D eigenvalue weighted by Crippen LogP contribution is -2.60. The lowest BCUT2D eigenvalue weighted by atomic mass is 9.99. The van der Waals surface area contributed by atoms with Gasteiger partial charge in [-0.25, -0.2) is 4.18 Å². The van der Waals surface area contributed by atoms with Gasteiger partial charge in [-0.1, -0.05) is 224 Å². The number of carbonyl (C=O) groups is 1. The summed E-state index contributed by atoms with van der Waals surface area (Å²) in [6.45, 7) is 3.99. The van der Waals surface area contributed by atoms with Crippen LogP contribution in [0.25, 0.3) is 0 Å². The summed E-state index contributed by atoms with van der Waals surface area (Å²) in [5.74, 6) is -0.397. The molecule has 13 heteroatoms. The van der Waals surface area contributed by atoms with E-state index in [0.717, 1.165) is 57.8 Å². The minimum absolute atomic E-state index is 0.0330. The first-order chi connectivity index (χ1) is 32.6. The first-order valence-corrected chi connectivity index (χ1v) is 29.0. The molecule has 67 heavy (non-hydrogen) atoms. The lowest BCUT2D eigenvalue weighted by Gasteiger charge is -2.41. The molecule has 12 nitrogen and oxygen atoms in total. The Balaban J connectivity index is 2.29. The van der Waals surface area contributed by atoms with Crippen molar-refractivity contribution in [2.24, 2.45) is 0 Å². The Labute approximate surface area is 410 Å². The fraction of sp³-hybridized carbons (Fsp3) is 0.907. The summed E-state index contributed by atoms with van der Waals surface area (Å²) in [5.41, 5.74) is 0. The zero-order chi connectivity index (χ0) is 48.9. The molecule has 0 amide bonds. The lowest BCUT2D eigenvalue weighted by molar-refractivity contribution is -0.301. The second-order valence-corrected chi connectivity index (χ2v) is 20.2. The van der Waals surface area contributed by atoms with Gasteiger partial charge in [-0.3, -0.25) is 9.35 Å². The summed E-state index contributed by atoms with van der Waals surface area (Å²) in [5, 5.41) is 30.8. The predicted molar refractivity (Wildman–Crippen MR) is 271 cm³/mol. The van der Waals surface area contributed by atoms with Gasteiger partial charge < -0.3 is 34.3 Å². The van der Waals surface area contributed by atoms with E-state index in [1.165, 1.54) is 167 Å². The van der Waals surface area contributed by atoms with Crippen molar-refractivity contribution in [3.05, 3.63) is 24.3 Å². The number of hydrogen-bond donors (Lipinski definition) is 4. The molecule has 1 heterocycles. The molecule has 0 aliphatic carbocycles. The van der Waals surface area contributed by atoms with Gasteiger partial charge in [0.05, 0.1) is 19.8 Å². The second kappa shape index (κ2) is 45.7. The molecule has 0 aromatic rings. The molecule has 1 rings (SSSR count). The van der Waals surface area contributed by atoms with Crippen molar-refractivity contribution in [1.82, 2.24) is 0 Å². The Kier molecular flexibility index (Phi) is 43.4. The SMILES string of the molecule is CCCCC/C=C\C/C=C\CCCCCCCCOCC(COC1OC(CO)C(O)C(OS(=O)(=O)O)C1O)OC(=O)CCCCCCCCCCCCCCCCCCCCCCCCCC. The van der Waals surface area contributed by atoms with Crippen LogP contribution in [0.5, 0.6) is 0 Å². The van der Waals surface area contributed by atoms with Gasteiger partial charge in [0.25, 0.3) is 0 Å². The first-order valence-electron chi connectivity index (χ1n) is 27.6. The number of ether oxygens (including phenoxy) is 4. The number of allylic oxidation sites excluding steroid dienone is 4. The Bertz CT molecular complexity index is 1260. The van der Waals surface area contributed by atoms with Gasteiger partial charge in [-0.05, 0) is 44.9 Å². The Morgan fingerprint density at radius 3 is 1.45 bits per heavy atom. The third-order valence-electron chi connectivity index (χ3n) is 12.8. The minimum Gasteiger partial charge on any atom is -0.457 e. The summed E-state index contributed by atoms with van der Waals surface area (Å²) >= 11 is 0. The van der Waals surface area contributed by atoms with Gasteiger partial charge in [0, 0.05) is 13.0 Å². The van der Waals surface area contributed by atoms with Crippen LogP contribution in [0.2, 0.25) is 0 Å². The third-order valence-corrected chi connectivity index (χ3v) is 13.3. The zero-order valence-corrected chi connectivity index (χ0v) is 43.5. The molecule has 0 spiro atoms. The normalized spacial score (nSPS) is 19.5. The van der Waals surface area contributed by atoms with Crippen LogP contribution in [0.4, 0.5) is 0 Å². The zero-order valence-electron chi connectivity index (χ0n) is 42.7. The van der Waals surface area contributed by atoms with Crippen molar-refractivity contribution in [3.8, 4) is 0 Å². The molecule has 1 aliphatic heterocycles. The minimum atomic E-state index is -5.06. The van der Waals surface area contributed by atoms with Gasteiger partial charge in [0.2, 0.25) is 0 Å². The monoisotopic (exact) mass is 975 g/mol. The predicted octanol–water partition coefficient (Wildman–Crippen LogP) is 13.1. The molecule has 4 N–H and O–H groups in total. The van der Waals surface area contributed by atoms with Crippen molar-refractivity contribution in [2.75, 3.05) is 26.4 Å². The third kappa shape index (κ3) is 39.0. The maximum atomic E-state index is 12.9. The van der Waals surface area contributed by atoms with Gasteiger partial charge >= 0.3 is 16.4 Å². The number of esters is 1. The molecular formula is C54H102O12S. The average molecular weight is 975 g/mol. The van der Waals surface area contributed by atoms with E-state index in [0.29, 0.717) is 13.0 Å². The van der Waals surface area contributed by atoms with E-state index in [2.05, 4.69) is 42.3 Å². The van der Waals surface area contributed by atoms with E-state index < -0.39 is 59.8 Å². The number of carbonyl (C=O) groups excluding carboxylic acids is 1. The van der Waals surface area contributed by atoms with Crippen molar-refractivity contribution in [2.45, 2.75) is 288 Å². The van der Waals surface area contributed by atoms with Crippen molar-refractivity contribution in [1.29, 1.82) is 0 Å². The van der Waals surface area contributed by atoms with E-state index in [1.807, 2.05) is 0 Å². The molecule has 0 aromatic heterocycles. The Morgan fingerprint density at radius 1 is 0.567 bits per heavy atom. The van der Waals surface area contributed by atoms with Crippen LogP contribution < -0.4 is 0 Å². The van der Waals surface area contributed by atoms with Crippen LogP contribution in [0.3, 0.4) is 0 Å². The standard InChI is InChI=1S/C54H102O12S/c1-3-5-7-9-11-13-15-17-19-21-22-23-24-25-26-27-28-29-31-33-35-37-39-41-43-50(56)64-48(47-63-54-52(58)53(66-67(59,60)61)51(57)49(45-55)65-54)46-62-44-42-40-38-36-34-32-30-20-18-16-14-12-10-8-6-4-2/h12,14,18,20,48-49,51-55,57-58H,3-11,13,15-17,19,21-47H2,1-2H3,(H,59,60,61)/b14-12-,20-18-. The highest BCUT2D eigenvalue weighted by Gasteiger charge is 2.48. The molecular weight excluding hydrogens is 873 g/mol. The molecule has 0 aromatic carbocycles. The quantitative estimate of drug-likeness (QED) is 0.0197. The molecule has 1 aliphatic rings. The smallest absolute Gasteiger partial charge is 0.397 e. The van der Waals surface area contributed by atoms with Crippen molar-refractivity contribution >= 4 is 16.4 Å².